The summed E-state index contributed by atoms with van der Waals surface area (Å²) in [6, 6.07) is 2.04. The van der Waals surface area contributed by atoms with Crippen LogP contribution in [0.3, 0.4) is 0 Å². The first-order valence-corrected chi connectivity index (χ1v) is 4.71. The maximum absolute atomic E-state index is 10.4. The predicted octanol–water partition coefficient (Wildman–Crippen LogP) is 2.43. The van der Waals surface area contributed by atoms with Gasteiger partial charge < -0.3 is 5.11 Å². The number of carboxylic acid groups (broad SMARTS) is 1. The summed E-state index contributed by atoms with van der Waals surface area (Å²) in [6.45, 7) is 4.16. The summed E-state index contributed by atoms with van der Waals surface area (Å²) in [6.07, 6.45) is 2.84. The molecule has 3 heteroatoms. The number of nitriles is 1. The zero-order valence-electron chi connectivity index (χ0n) is 8.29. The monoisotopic (exact) mass is 183 g/mol. The number of carbonyl (C=O) groups is 1. The van der Waals surface area contributed by atoms with E-state index in [9.17, 15) is 4.79 Å². The summed E-state index contributed by atoms with van der Waals surface area (Å²) in [5, 5.41) is 17.2. The zero-order chi connectivity index (χ0) is 10.3. The van der Waals surface area contributed by atoms with Crippen LogP contribution in [-0.4, -0.2) is 11.1 Å². The molecule has 0 aliphatic carbocycles. The van der Waals surface area contributed by atoms with Crippen molar-refractivity contribution in [3.05, 3.63) is 0 Å². The van der Waals surface area contributed by atoms with Gasteiger partial charge in [-0.3, -0.25) is 4.79 Å². The van der Waals surface area contributed by atoms with Crippen LogP contribution in [0.5, 0.6) is 0 Å². The molecule has 13 heavy (non-hydrogen) atoms. The molecule has 0 spiro atoms. The van der Waals surface area contributed by atoms with E-state index in [2.05, 4.69) is 13.8 Å². The molecule has 1 N–H and O–H groups in total. The van der Waals surface area contributed by atoms with Crippen LogP contribution in [0.4, 0.5) is 0 Å². The number of hydrogen-bond acceptors (Lipinski definition) is 2. The summed E-state index contributed by atoms with van der Waals surface area (Å²) in [4.78, 5) is 10.4. The fourth-order valence-electron chi connectivity index (χ4n) is 1.49. The third-order valence-electron chi connectivity index (χ3n) is 2.07. The van der Waals surface area contributed by atoms with Crippen molar-refractivity contribution in [2.75, 3.05) is 0 Å². The number of carboxylic acids is 1. The largest absolute Gasteiger partial charge is 0.481 e. The Balaban J connectivity index is 3.84. The van der Waals surface area contributed by atoms with Crippen molar-refractivity contribution in [3.8, 4) is 6.07 Å². The van der Waals surface area contributed by atoms with E-state index >= 15 is 0 Å². The summed E-state index contributed by atoms with van der Waals surface area (Å²) in [5.41, 5.74) is 0. The Hall–Kier alpha value is -1.04. The molecule has 0 saturated carbocycles. The smallest absolute Gasteiger partial charge is 0.304 e. The SMILES string of the molecule is CCC[C@@H](C)C[C@H](C#N)CC(=O)O. The molecule has 0 rings (SSSR count). The van der Waals surface area contributed by atoms with Crippen LogP contribution in [0.25, 0.3) is 0 Å². The van der Waals surface area contributed by atoms with Gasteiger partial charge in [0.05, 0.1) is 18.4 Å². The molecule has 0 amide bonds. The zero-order valence-corrected chi connectivity index (χ0v) is 8.29. The summed E-state index contributed by atoms with van der Waals surface area (Å²) < 4.78 is 0. The van der Waals surface area contributed by atoms with Gasteiger partial charge in [0.2, 0.25) is 0 Å². The predicted molar refractivity (Wildman–Crippen MR) is 50.0 cm³/mol. The number of rotatable bonds is 6. The van der Waals surface area contributed by atoms with Gasteiger partial charge in [-0.25, -0.2) is 0 Å². The summed E-state index contributed by atoms with van der Waals surface area (Å²) in [7, 11) is 0. The highest BCUT2D eigenvalue weighted by molar-refractivity contribution is 5.67. The van der Waals surface area contributed by atoms with E-state index < -0.39 is 5.97 Å². The van der Waals surface area contributed by atoms with Crippen molar-refractivity contribution in [1.82, 2.24) is 0 Å². The molecule has 0 saturated heterocycles. The second kappa shape index (κ2) is 6.47. The van der Waals surface area contributed by atoms with Gasteiger partial charge in [-0.05, 0) is 12.3 Å². The second-order valence-electron chi connectivity index (χ2n) is 3.55. The fraction of sp³-hybridized carbons (Fsp3) is 0.800. The van der Waals surface area contributed by atoms with Crippen molar-refractivity contribution >= 4 is 5.97 Å². The molecular weight excluding hydrogens is 166 g/mol. The van der Waals surface area contributed by atoms with Crippen molar-refractivity contribution < 1.29 is 9.90 Å². The van der Waals surface area contributed by atoms with E-state index in [1.807, 2.05) is 6.07 Å². The molecule has 0 heterocycles. The first kappa shape index (κ1) is 12.0. The molecular formula is C10H17NO2. The lowest BCUT2D eigenvalue weighted by Gasteiger charge is -2.12. The van der Waals surface area contributed by atoms with Gasteiger partial charge in [-0.15, -0.1) is 0 Å². The number of nitrogens with zero attached hydrogens (tertiary/aromatic N) is 1. The van der Waals surface area contributed by atoms with Crippen molar-refractivity contribution in [1.29, 1.82) is 5.26 Å². The molecule has 2 atom stereocenters. The van der Waals surface area contributed by atoms with Crippen LogP contribution >= 0.6 is 0 Å². The van der Waals surface area contributed by atoms with Crippen LogP contribution in [0.2, 0.25) is 0 Å². The Bertz CT molecular complexity index is 196. The molecule has 0 aromatic carbocycles. The third kappa shape index (κ3) is 6.15. The Morgan fingerprint density at radius 1 is 1.62 bits per heavy atom. The molecule has 74 valence electrons. The lowest BCUT2D eigenvalue weighted by molar-refractivity contribution is -0.137. The normalized spacial score (nSPS) is 14.5. The van der Waals surface area contributed by atoms with E-state index in [1.54, 1.807) is 0 Å². The molecule has 0 aliphatic rings. The average molecular weight is 183 g/mol. The minimum Gasteiger partial charge on any atom is -0.481 e. The molecule has 0 bridgehead atoms. The van der Waals surface area contributed by atoms with Gasteiger partial charge in [-0.2, -0.15) is 5.26 Å². The number of hydrogen-bond donors (Lipinski definition) is 1. The fourth-order valence-corrected chi connectivity index (χ4v) is 1.49. The second-order valence-corrected chi connectivity index (χ2v) is 3.55. The highest BCUT2D eigenvalue weighted by Gasteiger charge is 2.15. The van der Waals surface area contributed by atoms with E-state index in [0.29, 0.717) is 12.3 Å². The summed E-state index contributed by atoms with van der Waals surface area (Å²) >= 11 is 0. The van der Waals surface area contributed by atoms with Gasteiger partial charge in [-0.1, -0.05) is 26.7 Å². The maximum Gasteiger partial charge on any atom is 0.304 e. The van der Waals surface area contributed by atoms with Crippen molar-refractivity contribution in [2.24, 2.45) is 11.8 Å². The maximum atomic E-state index is 10.4. The molecule has 3 nitrogen and oxygen atoms in total. The first-order valence-electron chi connectivity index (χ1n) is 4.71. The minimum atomic E-state index is -0.879. The topological polar surface area (TPSA) is 61.1 Å². The van der Waals surface area contributed by atoms with Crippen molar-refractivity contribution in [2.45, 2.75) is 39.5 Å². The Morgan fingerprint density at radius 3 is 2.62 bits per heavy atom. The quantitative estimate of drug-likeness (QED) is 0.687. The van der Waals surface area contributed by atoms with Crippen LogP contribution in [-0.2, 0) is 4.79 Å². The van der Waals surface area contributed by atoms with E-state index in [4.69, 9.17) is 10.4 Å². The van der Waals surface area contributed by atoms with Crippen LogP contribution < -0.4 is 0 Å². The van der Waals surface area contributed by atoms with Gasteiger partial charge in [0, 0.05) is 0 Å². The van der Waals surface area contributed by atoms with Gasteiger partial charge in [0.25, 0.3) is 0 Å². The lowest BCUT2D eigenvalue weighted by Crippen LogP contribution is -2.09. The number of aliphatic carboxylic acids is 1. The Labute approximate surface area is 79.4 Å². The van der Waals surface area contributed by atoms with Crippen LogP contribution in [0.15, 0.2) is 0 Å². The molecule has 0 unspecified atom stereocenters. The lowest BCUT2D eigenvalue weighted by atomic mass is 9.91. The highest BCUT2D eigenvalue weighted by atomic mass is 16.4. The van der Waals surface area contributed by atoms with Gasteiger partial charge in [0.15, 0.2) is 0 Å². The Morgan fingerprint density at radius 2 is 2.23 bits per heavy atom. The molecule has 0 fully saturated rings. The average Bonchev–Trinajstić information content (AvgIpc) is 2.02. The minimum absolute atomic E-state index is 0.0233. The van der Waals surface area contributed by atoms with Crippen LogP contribution in [0, 0.1) is 23.2 Å². The van der Waals surface area contributed by atoms with E-state index in [0.717, 1.165) is 12.8 Å². The summed E-state index contributed by atoms with van der Waals surface area (Å²) in [5.74, 6) is -0.747. The third-order valence-corrected chi connectivity index (χ3v) is 2.07. The molecule has 0 aromatic rings. The van der Waals surface area contributed by atoms with Gasteiger partial charge in [0.1, 0.15) is 0 Å². The van der Waals surface area contributed by atoms with E-state index in [1.165, 1.54) is 0 Å². The highest BCUT2D eigenvalue weighted by Crippen LogP contribution is 2.18. The van der Waals surface area contributed by atoms with Crippen LogP contribution in [0.1, 0.15) is 39.5 Å². The molecule has 0 radical (unpaired) electrons. The van der Waals surface area contributed by atoms with E-state index in [-0.39, 0.29) is 12.3 Å². The molecule has 0 aromatic heterocycles. The van der Waals surface area contributed by atoms with Gasteiger partial charge >= 0.3 is 5.97 Å². The van der Waals surface area contributed by atoms with Crippen molar-refractivity contribution in [3.63, 3.8) is 0 Å². The Kier molecular flexibility index (Phi) is 5.96. The first-order chi connectivity index (χ1) is 6.10. The standard InChI is InChI=1S/C10H17NO2/c1-3-4-8(2)5-9(7-11)6-10(12)13/h8-9H,3-6H2,1-2H3,(H,12,13)/t8-,9+/m1/s1. The molecule has 0 aliphatic heterocycles.